The van der Waals surface area contributed by atoms with E-state index < -0.39 is 6.04 Å². The number of amides is 1. The molecule has 1 saturated carbocycles. The van der Waals surface area contributed by atoms with Crippen LogP contribution < -0.4 is 11.1 Å². The largest absolute Gasteiger partial charge is 0.352 e. The van der Waals surface area contributed by atoms with E-state index in [1.165, 1.54) is 32.1 Å². The van der Waals surface area contributed by atoms with Crippen LogP contribution in [-0.2, 0) is 11.2 Å². The maximum absolute atomic E-state index is 12.2. The van der Waals surface area contributed by atoms with Gasteiger partial charge in [-0.2, -0.15) is 0 Å². The first-order valence-electron chi connectivity index (χ1n) is 7.85. The number of carbonyl (C=O) groups excluding carboxylic acids is 1. The van der Waals surface area contributed by atoms with Crippen LogP contribution in [0.4, 0.5) is 0 Å². The van der Waals surface area contributed by atoms with Crippen molar-refractivity contribution in [1.29, 1.82) is 0 Å². The first-order chi connectivity index (χ1) is 9.75. The van der Waals surface area contributed by atoms with Crippen LogP contribution in [-0.4, -0.2) is 18.0 Å². The summed E-state index contributed by atoms with van der Waals surface area (Å²) in [6, 6.07) is 9.85. The van der Waals surface area contributed by atoms with E-state index in [0.29, 0.717) is 12.5 Å². The Labute approximate surface area is 134 Å². The highest BCUT2D eigenvalue weighted by Crippen LogP contribution is 2.17. The van der Waals surface area contributed by atoms with Crippen molar-refractivity contribution in [3.63, 3.8) is 0 Å². The van der Waals surface area contributed by atoms with E-state index in [4.69, 9.17) is 5.73 Å². The van der Waals surface area contributed by atoms with E-state index >= 15 is 0 Å². The number of halogens is 1. The number of hydrogen-bond donors (Lipinski definition) is 2. The molecule has 2 rings (SSSR count). The van der Waals surface area contributed by atoms with E-state index in [2.05, 4.69) is 5.32 Å². The summed E-state index contributed by atoms with van der Waals surface area (Å²) in [5.41, 5.74) is 7.14. The highest BCUT2D eigenvalue weighted by Gasteiger charge is 2.18. The Kier molecular flexibility index (Phi) is 8.40. The number of benzene rings is 1. The Morgan fingerprint density at radius 2 is 1.67 bits per heavy atom. The summed E-state index contributed by atoms with van der Waals surface area (Å²) in [5, 5.41) is 3.14. The van der Waals surface area contributed by atoms with Crippen LogP contribution in [0.2, 0.25) is 0 Å². The molecule has 1 atom stereocenters. The predicted octanol–water partition coefficient (Wildman–Crippen LogP) is 3.21. The van der Waals surface area contributed by atoms with Gasteiger partial charge < -0.3 is 11.1 Å². The lowest BCUT2D eigenvalue weighted by Gasteiger charge is -2.23. The highest BCUT2D eigenvalue weighted by molar-refractivity contribution is 5.85. The summed E-state index contributed by atoms with van der Waals surface area (Å²) in [5.74, 6) is -0.000531. The Bertz CT molecular complexity index is 403. The topological polar surface area (TPSA) is 55.1 Å². The third-order valence-corrected chi connectivity index (χ3v) is 4.09. The van der Waals surface area contributed by atoms with E-state index in [1.807, 2.05) is 30.3 Å². The van der Waals surface area contributed by atoms with Gasteiger partial charge in [0.25, 0.3) is 0 Å². The first kappa shape index (κ1) is 18.0. The monoisotopic (exact) mass is 310 g/mol. The SMILES string of the molecule is Cl.NC(Cc1ccccc1)C(=O)NC1CCCCCCC1. The minimum atomic E-state index is -0.442. The summed E-state index contributed by atoms with van der Waals surface area (Å²) in [7, 11) is 0. The Balaban J connectivity index is 0.00000220. The van der Waals surface area contributed by atoms with Gasteiger partial charge in [0.1, 0.15) is 0 Å². The molecule has 3 N–H and O–H groups in total. The molecular weight excluding hydrogens is 284 g/mol. The Hall–Kier alpha value is -1.06. The van der Waals surface area contributed by atoms with Crippen LogP contribution in [0, 0.1) is 0 Å². The Morgan fingerprint density at radius 1 is 1.10 bits per heavy atom. The molecule has 0 aliphatic heterocycles. The molecule has 0 radical (unpaired) electrons. The highest BCUT2D eigenvalue weighted by atomic mass is 35.5. The zero-order valence-corrected chi connectivity index (χ0v) is 13.4. The van der Waals surface area contributed by atoms with Gasteiger partial charge in [0, 0.05) is 6.04 Å². The molecule has 3 nitrogen and oxygen atoms in total. The van der Waals surface area contributed by atoms with Gasteiger partial charge in [-0.25, -0.2) is 0 Å². The molecule has 118 valence electrons. The van der Waals surface area contributed by atoms with Crippen molar-refractivity contribution >= 4 is 18.3 Å². The number of carbonyl (C=O) groups is 1. The van der Waals surface area contributed by atoms with Crippen LogP contribution in [0.25, 0.3) is 0 Å². The summed E-state index contributed by atoms with van der Waals surface area (Å²) < 4.78 is 0. The van der Waals surface area contributed by atoms with Gasteiger partial charge in [-0.05, 0) is 24.8 Å². The van der Waals surface area contributed by atoms with Crippen molar-refractivity contribution in [2.45, 2.75) is 63.5 Å². The van der Waals surface area contributed by atoms with Crippen LogP contribution in [0.1, 0.15) is 50.5 Å². The van der Waals surface area contributed by atoms with Gasteiger partial charge in [-0.1, -0.05) is 62.4 Å². The van der Waals surface area contributed by atoms with Crippen molar-refractivity contribution in [3.8, 4) is 0 Å². The zero-order valence-electron chi connectivity index (χ0n) is 12.6. The fraction of sp³-hybridized carbons (Fsp3) is 0.588. The van der Waals surface area contributed by atoms with Crippen LogP contribution >= 0.6 is 12.4 Å². The number of hydrogen-bond acceptors (Lipinski definition) is 2. The molecule has 0 heterocycles. The average Bonchev–Trinajstić information content (AvgIpc) is 2.42. The van der Waals surface area contributed by atoms with Crippen LogP contribution in [0.3, 0.4) is 0 Å². The second-order valence-corrected chi connectivity index (χ2v) is 5.85. The van der Waals surface area contributed by atoms with E-state index in [-0.39, 0.29) is 18.3 Å². The molecule has 1 amide bonds. The second-order valence-electron chi connectivity index (χ2n) is 5.85. The van der Waals surface area contributed by atoms with Gasteiger partial charge in [0.15, 0.2) is 0 Å². The standard InChI is InChI=1S/C17H26N2O.ClH/c18-16(13-14-9-5-4-6-10-14)17(20)19-15-11-7-2-1-3-8-12-15;/h4-6,9-10,15-16H,1-3,7-8,11-13,18H2,(H,19,20);1H. The summed E-state index contributed by atoms with van der Waals surface area (Å²) in [6.45, 7) is 0. The van der Waals surface area contributed by atoms with Crippen LogP contribution in [0.5, 0.6) is 0 Å². The fourth-order valence-corrected chi connectivity index (χ4v) is 2.87. The average molecular weight is 311 g/mol. The fourth-order valence-electron chi connectivity index (χ4n) is 2.87. The van der Waals surface area contributed by atoms with E-state index in [0.717, 1.165) is 18.4 Å². The molecule has 0 spiro atoms. The van der Waals surface area contributed by atoms with E-state index in [9.17, 15) is 4.79 Å². The zero-order chi connectivity index (χ0) is 14.2. The van der Waals surface area contributed by atoms with Crippen molar-refractivity contribution in [3.05, 3.63) is 35.9 Å². The molecule has 0 bridgehead atoms. The lowest BCUT2D eigenvalue weighted by atomic mass is 9.96. The lowest BCUT2D eigenvalue weighted by molar-refractivity contribution is -0.123. The number of nitrogens with one attached hydrogen (secondary N) is 1. The van der Waals surface area contributed by atoms with Crippen LogP contribution in [0.15, 0.2) is 30.3 Å². The van der Waals surface area contributed by atoms with Gasteiger partial charge in [0.05, 0.1) is 6.04 Å². The third-order valence-electron chi connectivity index (χ3n) is 4.09. The summed E-state index contributed by atoms with van der Waals surface area (Å²) >= 11 is 0. The summed E-state index contributed by atoms with van der Waals surface area (Å²) in [4.78, 5) is 12.2. The maximum Gasteiger partial charge on any atom is 0.237 e. The molecular formula is C17H27ClN2O. The van der Waals surface area contributed by atoms with E-state index in [1.54, 1.807) is 0 Å². The van der Waals surface area contributed by atoms with Crippen molar-refractivity contribution < 1.29 is 4.79 Å². The minimum Gasteiger partial charge on any atom is -0.352 e. The molecule has 4 heteroatoms. The second kappa shape index (κ2) is 9.80. The first-order valence-corrected chi connectivity index (χ1v) is 7.85. The van der Waals surface area contributed by atoms with Gasteiger partial charge in [-0.3, -0.25) is 4.79 Å². The van der Waals surface area contributed by atoms with Crippen molar-refractivity contribution in [2.24, 2.45) is 5.73 Å². The Morgan fingerprint density at radius 3 is 2.29 bits per heavy atom. The maximum atomic E-state index is 12.2. The number of nitrogens with two attached hydrogens (primary N) is 1. The van der Waals surface area contributed by atoms with Crippen molar-refractivity contribution in [2.75, 3.05) is 0 Å². The normalized spacial score (nSPS) is 18.0. The smallest absolute Gasteiger partial charge is 0.237 e. The quantitative estimate of drug-likeness (QED) is 0.897. The molecule has 1 aliphatic rings. The minimum absolute atomic E-state index is 0. The molecule has 1 aromatic rings. The molecule has 0 aromatic heterocycles. The number of rotatable bonds is 4. The van der Waals surface area contributed by atoms with Gasteiger partial charge in [-0.15, -0.1) is 12.4 Å². The summed E-state index contributed by atoms with van der Waals surface area (Å²) in [6.07, 6.45) is 9.18. The molecule has 21 heavy (non-hydrogen) atoms. The molecule has 1 aliphatic carbocycles. The predicted molar refractivity (Wildman–Crippen MR) is 89.6 cm³/mol. The lowest BCUT2D eigenvalue weighted by Crippen LogP contribution is -2.46. The molecule has 1 fully saturated rings. The third kappa shape index (κ3) is 6.49. The van der Waals surface area contributed by atoms with Gasteiger partial charge >= 0.3 is 0 Å². The molecule has 0 saturated heterocycles. The van der Waals surface area contributed by atoms with Gasteiger partial charge in [0.2, 0.25) is 5.91 Å². The van der Waals surface area contributed by atoms with Crippen molar-refractivity contribution in [1.82, 2.24) is 5.32 Å². The molecule has 1 aromatic carbocycles. The molecule has 1 unspecified atom stereocenters.